The molecule has 15 heavy (non-hydrogen) atoms. The van der Waals surface area contributed by atoms with Crippen LogP contribution in [0.1, 0.15) is 25.7 Å². The van der Waals surface area contributed by atoms with Gasteiger partial charge in [0.15, 0.2) is 0 Å². The summed E-state index contributed by atoms with van der Waals surface area (Å²) in [7, 11) is 0. The number of aliphatic hydroxyl groups is 2. The van der Waals surface area contributed by atoms with Crippen molar-refractivity contribution in [3.63, 3.8) is 0 Å². The molecule has 4 N–H and O–H groups in total. The fourth-order valence-electron chi connectivity index (χ4n) is 1.91. The number of hydrogen-bond acceptors (Lipinski definition) is 4. The first-order valence-electron chi connectivity index (χ1n) is 5.38. The van der Waals surface area contributed by atoms with E-state index in [1.54, 1.807) is 0 Å². The van der Waals surface area contributed by atoms with Gasteiger partial charge in [-0.1, -0.05) is 0 Å². The van der Waals surface area contributed by atoms with Crippen LogP contribution in [-0.4, -0.2) is 46.6 Å². The standard InChI is InChI=1S/C10H19NO4/c12-6-9(13)5-11-8-3-1-7(2-4-8)10(14)15/h7-9,11-13H,1-6H2,(H,14,15). The largest absolute Gasteiger partial charge is 0.481 e. The summed E-state index contributed by atoms with van der Waals surface area (Å²) < 4.78 is 0. The van der Waals surface area contributed by atoms with Crippen molar-refractivity contribution in [2.24, 2.45) is 5.92 Å². The van der Waals surface area contributed by atoms with Crippen LogP contribution in [0, 0.1) is 5.92 Å². The molecule has 1 saturated carbocycles. The number of carboxylic acids is 1. The molecule has 1 atom stereocenters. The van der Waals surface area contributed by atoms with Crippen LogP contribution in [0.25, 0.3) is 0 Å². The van der Waals surface area contributed by atoms with Crippen molar-refractivity contribution in [2.45, 2.75) is 37.8 Å². The number of aliphatic carboxylic acids is 1. The van der Waals surface area contributed by atoms with Gasteiger partial charge < -0.3 is 20.6 Å². The lowest BCUT2D eigenvalue weighted by atomic mass is 9.86. The fraction of sp³-hybridized carbons (Fsp3) is 0.900. The zero-order valence-electron chi connectivity index (χ0n) is 8.72. The van der Waals surface area contributed by atoms with E-state index in [2.05, 4.69) is 5.32 Å². The molecule has 1 aliphatic carbocycles. The highest BCUT2D eigenvalue weighted by atomic mass is 16.4. The maximum absolute atomic E-state index is 10.7. The number of rotatable bonds is 5. The van der Waals surface area contributed by atoms with Crippen LogP contribution in [0.15, 0.2) is 0 Å². The molecule has 0 aromatic rings. The molecule has 1 unspecified atom stereocenters. The van der Waals surface area contributed by atoms with Gasteiger partial charge in [-0.2, -0.15) is 0 Å². The van der Waals surface area contributed by atoms with Crippen molar-refractivity contribution in [1.29, 1.82) is 0 Å². The SMILES string of the molecule is O=C(O)C1CCC(NCC(O)CO)CC1. The summed E-state index contributed by atoms with van der Waals surface area (Å²) in [6.07, 6.45) is 2.33. The summed E-state index contributed by atoms with van der Waals surface area (Å²) in [6.45, 7) is 0.135. The van der Waals surface area contributed by atoms with Crippen molar-refractivity contribution in [3.8, 4) is 0 Å². The number of nitrogens with one attached hydrogen (secondary N) is 1. The predicted molar refractivity (Wildman–Crippen MR) is 54.5 cm³/mol. The lowest BCUT2D eigenvalue weighted by Gasteiger charge is -2.27. The molecule has 0 aromatic heterocycles. The minimum atomic E-state index is -0.720. The first-order chi connectivity index (χ1) is 7.13. The first-order valence-corrected chi connectivity index (χ1v) is 5.38. The molecular formula is C10H19NO4. The van der Waals surface area contributed by atoms with Gasteiger partial charge >= 0.3 is 5.97 Å². The van der Waals surface area contributed by atoms with Gasteiger partial charge in [-0.05, 0) is 25.7 Å². The van der Waals surface area contributed by atoms with Crippen molar-refractivity contribution >= 4 is 5.97 Å². The predicted octanol–water partition coefficient (Wildman–Crippen LogP) is -0.427. The Labute approximate surface area is 89.1 Å². The smallest absolute Gasteiger partial charge is 0.306 e. The molecule has 1 aliphatic rings. The van der Waals surface area contributed by atoms with E-state index in [4.69, 9.17) is 15.3 Å². The third-order valence-corrected chi connectivity index (χ3v) is 2.93. The average molecular weight is 217 g/mol. The molecule has 0 spiro atoms. The van der Waals surface area contributed by atoms with E-state index >= 15 is 0 Å². The monoisotopic (exact) mass is 217 g/mol. The second-order valence-corrected chi connectivity index (χ2v) is 4.13. The Morgan fingerprint density at radius 1 is 1.33 bits per heavy atom. The third kappa shape index (κ3) is 4.15. The van der Waals surface area contributed by atoms with Gasteiger partial charge in [0.05, 0.1) is 18.6 Å². The van der Waals surface area contributed by atoms with Crippen molar-refractivity contribution < 1.29 is 20.1 Å². The van der Waals surface area contributed by atoms with Crippen LogP contribution in [0.5, 0.6) is 0 Å². The van der Waals surface area contributed by atoms with Crippen LogP contribution in [0.4, 0.5) is 0 Å². The number of aliphatic hydroxyl groups excluding tert-OH is 2. The lowest BCUT2D eigenvalue weighted by molar-refractivity contribution is -0.142. The van der Waals surface area contributed by atoms with Gasteiger partial charge in [-0.25, -0.2) is 0 Å². The molecule has 0 heterocycles. The Kier molecular flexibility index (Phi) is 5.01. The quantitative estimate of drug-likeness (QED) is 0.502. The minimum absolute atomic E-state index is 0.203. The van der Waals surface area contributed by atoms with Crippen LogP contribution in [0.3, 0.4) is 0 Å². The van der Waals surface area contributed by atoms with Crippen LogP contribution < -0.4 is 5.32 Å². The van der Waals surface area contributed by atoms with Crippen molar-refractivity contribution in [3.05, 3.63) is 0 Å². The van der Waals surface area contributed by atoms with Gasteiger partial charge in [0.1, 0.15) is 0 Å². The Hall–Kier alpha value is -0.650. The highest BCUT2D eigenvalue weighted by molar-refractivity contribution is 5.70. The Balaban J connectivity index is 2.17. The molecule has 5 nitrogen and oxygen atoms in total. The molecule has 0 amide bonds. The molecule has 5 heteroatoms. The molecule has 88 valence electrons. The molecule has 0 bridgehead atoms. The fourth-order valence-corrected chi connectivity index (χ4v) is 1.91. The summed E-state index contributed by atoms with van der Waals surface area (Å²) in [4.78, 5) is 10.7. The molecule has 1 fully saturated rings. The average Bonchev–Trinajstić information content (AvgIpc) is 2.26. The second-order valence-electron chi connectivity index (χ2n) is 4.13. The first kappa shape index (κ1) is 12.4. The van der Waals surface area contributed by atoms with Gasteiger partial charge in [-0.3, -0.25) is 4.79 Å². The van der Waals surface area contributed by atoms with Gasteiger partial charge in [0.2, 0.25) is 0 Å². The highest BCUT2D eigenvalue weighted by Gasteiger charge is 2.25. The van der Waals surface area contributed by atoms with E-state index in [0.29, 0.717) is 19.4 Å². The van der Waals surface area contributed by atoms with E-state index < -0.39 is 12.1 Å². The summed E-state index contributed by atoms with van der Waals surface area (Å²) in [5.41, 5.74) is 0. The van der Waals surface area contributed by atoms with E-state index in [-0.39, 0.29) is 18.6 Å². The van der Waals surface area contributed by atoms with Crippen LogP contribution in [0.2, 0.25) is 0 Å². The topological polar surface area (TPSA) is 89.8 Å². The van der Waals surface area contributed by atoms with Crippen molar-refractivity contribution in [1.82, 2.24) is 5.32 Å². The summed E-state index contributed by atoms with van der Waals surface area (Å²) in [6, 6.07) is 0.279. The Morgan fingerprint density at radius 2 is 1.93 bits per heavy atom. The van der Waals surface area contributed by atoms with Crippen LogP contribution >= 0.6 is 0 Å². The van der Waals surface area contributed by atoms with E-state index in [1.165, 1.54) is 0 Å². The van der Waals surface area contributed by atoms with Crippen molar-refractivity contribution in [2.75, 3.05) is 13.2 Å². The second kappa shape index (κ2) is 6.05. The zero-order valence-corrected chi connectivity index (χ0v) is 8.72. The third-order valence-electron chi connectivity index (χ3n) is 2.93. The maximum atomic E-state index is 10.7. The Bertz CT molecular complexity index is 202. The molecule has 0 aromatic carbocycles. The molecule has 0 radical (unpaired) electrons. The molecule has 1 rings (SSSR count). The Morgan fingerprint density at radius 3 is 2.40 bits per heavy atom. The number of carbonyl (C=O) groups is 1. The zero-order chi connectivity index (χ0) is 11.3. The highest BCUT2D eigenvalue weighted by Crippen LogP contribution is 2.24. The van der Waals surface area contributed by atoms with Gasteiger partial charge in [0.25, 0.3) is 0 Å². The maximum Gasteiger partial charge on any atom is 0.306 e. The van der Waals surface area contributed by atoms with E-state index in [9.17, 15) is 4.79 Å². The van der Waals surface area contributed by atoms with Gasteiger partial charge in [-0.15, -0.1) is 0 Å². The van der Waals surface area contributed by atoms with E-state index in [1.807, 2.05) is 0 Å². The lowest BCUT2D eigenvalue weighted by Crippen LogP contribution is -2.40. The number of hydrogen-bond donors (Lipinski definition) is 4. The summed E-state index contributed by atoms with van der Waals surface area (Å²) in [5, 5.41) is 29.6. The number of carboxylic acid groups (broad SMARTS) is 1. The summed E-state index contributed by atoms with van der Waals surface area (Å²) in [5.74, 6) is -0.908. The molecule has 0 saturated heterocycles. The molecular weight excluding hydrogens is 198 g/mol. The summed E-state index contributed by atoms with van der Waals surface area (Å²) >= 11 is 0. The minimum Gasteiger partial charge on any atom is -0.481 e. The normalized spacial score (nSPS) is 28.7. The van der Waals surface area contributed by atoms with E-state index in [0.717, 1.165) is 12.8 Å². The van der Waals surface area contributed by atoms with Crippen LogP contribution in [-0.2, 0) is 4.79 Å². The molecule has 0 aliphatic heterocycles. The van der Waals surface area contributed by atoms with Gasteiger partial charge in [0, 0.05) is 12.6 Å².